The van der Waals surface area contributed by atoms with Crippen LogP contribution in [0.2, 0.25) is 0 Å². The monoisotopic (exact) mass is 236 g/mol. The minimum atomic E-state index is -0.513. The zero-order valence-electron chi connectivity index (χ0n) is 10.9. The molecule has 0 aliphatic carbocycles. The Bertz CT molecular complexity index is 453. The van der Waals surface area contributed by atoms with Gasteiger partial charge in [0.15, 0.2) is 0 Å². The quantitative estimate of drug-likeness (QED) is 0.788. The largest absolute Gasteiger partial charge is 0.508 e. The van der Waals surface area contributed by atoms with Crippen molar-refractivity contribution in [2.24, 2.45) is 0 Å². The van der Waals surface area contributed by atoms with E-state index in [4.69, 9.17) is 4.74 Å². The fourth-order valence-corrected chi connectivity index (χ4v) is 2.54. The van der Waals surface area contributed by atoms with Crippen molar-refractivity contribution in [3.63, 3.8) is 0 Å². The molecule has 1 aromatic rings. The van der Waals surface area contributed by atoms with Crippen LogP contribution in [0.3, 0.4) is 0 Å². The molecule has 1 aliphatic rings. The highest BCUT2D eigenvalue weighted by Gasteiger charge is 2.36. The Labute approximate surface area is 102 Å². The van der Waals surface area contributed by atoms with E-state index in [1.54, 1.807) is 6.07 Å². The highest BCUT2D eigenvalue weighted by atomic mass is 16.5. The Morgan fingerprint density at radius 3 is 2.65 bits per heavy atom. The first kappa shape index (κ1) is 12.2. The molecule has 0 saturated carbocycles. The summed E-state index contributed by atoms with van der Waals surface area (Å²) in [5.41, 5.74) is 2.33. The molecule has 1 aliphatic heterocycles. The number of aliphatic hydroxyl groups is 1. The second-order valence-electron chi connectivity index (χ2n) is 5.38. The van der Waals surface area contributed by atoms with Crippen molar-refractivity contribution in [3.8, 4) is 11.5 Å². The molecular formula is C14H20O3. The van der Waals surface area contributed by atoms with E-state index < -0.39 is 5.60 Å². The smallest absolute Gasteiger partial charge is 0.130 e. The first-order valence-electron chi connectivity index (χ1n) is 6.01. The molecule has 94 valence electrons. The van der Waals surface area contributed by atoms with Crippen LogP contribution in [0.15, 0.2) is 6.07 Å². The van der Waals surface area contributed by atoms with Gasteiger partial charge in [0, 0.05) is 5.56 Å². The average Bonchev–Trinajstić information content (AvgIpc) is 2.28. The van der Waals surface area contributed by atoms with E-state index in [1.165, 1.54) is 0 Å². The Kier molecular flexibility index (Phi) is 2.82. The van der Waals surface area contributed by atoms with Crippen LogP contribution in [0.1, 0.15) is 42.9 Å². The van der Waals surface area contributed by atoms with Gasteiger partial charge in [-0.3, -0.25) is 0 Å². The number of rotatable bonds is 1. The van der Waals surface area contributed by atoms with Gasteiger partial charge >= 0.3 is 0 Å². The molecule has 0 aromatic heterocycles. The van der Waals surface area contributed by atoms with Crippen LogP contribution in [-0.2, 0) is 0 Å². The van der Waals surface area contributed by atoms with Crippen molar-refractivity contribution in [1.82, 2.24) is 0 Å². The highest BCUT2D eigenvalue weighted by molar-refractivity contribution is 5.54. The first-order chi connectivity index (χ1) is 7.88. The molecule has 0 unspecified atom stereocenters. The number of fused-ring (bicyclic) bond motifs is 1. The maximum atomic E-state index is 9.86. The molecule has 0 radical (unpaired) electrons. The zero-order chi connectivity index (χ0) is 12.8. The molecule has 1 aromatic carbocycles. The van der Waals surface area contributed by atoms with E-state index >= 15 is 0 Å². The lowest BCUT2D eigenvalue weighted by atomic mass is 9.83. The van der Waals surface area contributed by atoms with Gasteiger partial charge in [-0.15, -0.1) is 0 Å². The number of hydrogen-bond acceptors (Lipinski definition) is 3. The van der Waals surface area contributed by atoms with Crippen LogP contribution < -0.4 is 4.74 Å². The molecule has 1 heterocycles. The van der Waals surface area contributed by atoms with Gasteiger partial charge in [-0.05, 0) is 50.3 Å². The lowest BCUT2D eigenvalue weighted by Crippen LogP contribution is -2.41. The van der Waals surface area contributed by atoms with Gasteiger partial charge in [-0.25, -0.2) is 0 Å². The molecule has 17 heavy (non-hydrogen) atoms. The molecule has 2 N–H and O–H groups in total. The lowest BCUT2D eigenvalue weighted by molar-refractivity contribution is 0.000593. The molecule has 2 rings (SSSR count). The van der Waals surface area contributed by atoms with Crippen LogP contribution in [-0.4, -0.2) is 22.4 Å². The summed E-state index contributed by atoms with van der Waals surface area (Å²) in [6.45, 7) is 7.86. The van der Waals surface area contributed by atoms with E-state index in [0.717, 1.165) is 28.9 Å². The summed E-state index contributed by atoms with van der Waals surface area (Å²) in [6, 6.07) is 1.79. The summed E-state index contributed by atoms with van der Waals surface area (Å²) in [4.78, 5) is 0. The molecule has 2 atom stereocenters. The van der Waals surface area contributed by atoms with Crippen molar-refractivity contribution >= 4 is 0 Å². The zero-order valence-corrected chi connectivity index (χ0v) is 10.9. The average molecular weight is 236 g/mol. The predicted molar refractivity (Wildman–Crippen MR) is 66.7 cm³/mol. The summed E-state index contributed by atoms with van der Waals surface area (Å²) < 4.78 is 5.94. The van der Waals surface area contributed by atoms with Gasteiger partial charge in [-0.2, -0.15) is 0 Å². The number of ether oxygens (including phenoxy) is 1. The van der Waals surface area contributed by atoms with Crippen LogP contribution in [0.5, 0.6) is 11.5 Å². The summed E-state index contributed by atoms with van der Waals surface area (Å²) in [5.74, 6) is 1.43. The summed E-state index contributed by atoms with van der Waals surface area (Å²) in [6.07, 6.45) is 0.762. The highest BCUT2D eigenvalue weighted by Crippen LogP contribution is 2.45. The van der Waals surface area contributed by atoms with Crippen molar-refractivity contribution in [2.75, 3.05) is 6.61 Å². The Balaban J connectivity index is 2.57. The number of aromatic hydroxyl groups is 1. The predicted octanol–water partition coefficient (Wildman–Crippen LogP) is 2.65. The van der Waals surface area contributed by atoms with Crippen LogP contribution >= 0.6 is 0 Å². The first-order valence-corrected chi connectivity index (χ1v) is 6.01. The van der Waals surface area contributed by atoms with Crippen molar-refractivity contribution in [1.29, 1.82) is 0 Å². The topological polar surface area (TPSA) is 49.7 Å². The van der Waals surface area contributed by atoms with E-state index in [2.05, 4.69) is 6.92 Å². The molecule has 0 amide bonds. The molecule has 0 saturated heterocycles. The third kappa shape index (κ3) is 1.89. The number of phenols is 1. The molecule has 0 fully saturated rings. The van der Waals surface area contributed by atoms with E-state index in [9.17, 15) is 10.2 Å². The second-order valence-corrected chi connectivity index (χ2v) is 5.38. The SMILES string of the molecule is Cc1c(O)cc2c(c1C)O[C@@](C)(CO)C[C@H]2C. The van der Waals surface area contributed by atoms with Gasteiger partial charge < -0.3 is 14.9 Å². The number of hydrogen-bond donors (Lipinski definition) is 2. The molecule has 0 bridgehead atoms. The third-order valence-corrected chi connectivity index (χ3v) is 3.79. The number of benzene rings is 1. The van der Waals surface area contributed by atoms with Crippen LogP contribution in [0, 0.1) is 13.8 Å². The Hall–Kier alpha value is -1.22. The van der Waals surface area contributed by atoms with E-state index in [-0.39, 0.29) is 12.5 Å². The third-order valence-electron chi connectivity index (χ3n) is 3.79. The molecular weight excluding hydrogens is 216 g/mol. The number of phenolic OH excluding ortho intramolecular Hbond substituents is 1. The van der Waals surface area contributed by atoms with E-state index in [0.29, 0.717) is 5.75 Å². The summed E-state index contributed by atoms with van der Waals surface area (Å²) in [7, 11) is 0. The minimum Gasteiger partial charge on any atom is -0.508 e. The van der Waals surface area contributed by atoms with Gasteiger partial charge in [0.25, 0.3) is 0 Å². The summed E-state index contributed by atoms with van der Waals surface area (Å²) in [5, 5.41) is 19.3. The Morgan fingerprint density at radius 2 is 2.06 bits per heavy atom. The molecule has 0 spiro atoms. The van der Waals surface area contributed by atoms with Crippen LogP contribution in [0.25, 0.3) is 0 Å². The number of aliphatic hydroxyl groups excluding tert-OH is 1. The normalized spacial score (nSPS) is 27.5. The van der Waals surface area contributed by atoms with Crippen molar-refractivity contribution in [2.45, 2.75) is 45.6 Å². The van der Waals surface area contributed by atoms with Crippen LogP contribution in [0.4, 0.5) is 0 Å². The van der Waals surface area contributed by atoms with Crippen molar-refractivity contribution in [3.05, 3.63) is 22.8 Å². The second kappa shape index (κ2) is 3.91. The maximum absolute atomic E-state index is 9.86. The standard InChI is InChI=1S/C14H20O3/c1-8-6-14(4,7-15)17-13-10(3)9(2)12(16)5-11(8)13/h5,8,15-16H,6-7H2,1-4H3/t8-,14-/m1/s1. The van der Waals surface area contributed by atoms with Gasteiger partial charge in [-0.1, -0.05) is 6.92 Å². The van der Waals surface area contributed by atoms with Gasteiger partial charge in [0.1, 0.15) is 17.1 Å². The van der Waals surface area contributed by atoms with Gasteiger partial charge in [0.05, 0.1) is 6.61 Å². The molecule has 3 nitrogen and oxygen atoms in total. The molecule has 3 heteroatoms. The fraction of sp³-hybridized carbons (Fsp3) is 0.571. The lowest BCUT2D eigenvalue weighted by Gasteiger charge is -2.39. The minimum absolute atomic E-state index is 0.0101. The fourth-order valence-electron chi connectivity index (χ4n) is 2.54. The Morgan fingerprint density at radius 1 is 1.41 bits per heavy atom. The van der Waals surface area contributed by atoms with E-state index in [1.807, 2.05) is 20.8 Å². The maximum Gasteiger partial charge on any atom is 0.130 e. The summed E-state index contributed by atoms with van der Waals surface area (Å²) >= 11 is 0. The van der Waals surface area contributed by atoms with Gasteiger partial charge in [0.2, 0.25) is 0 Å². The van der Waals surface area contributed by atoms with Crippen molar-refractivity contribution < 1.29 is 14.9 Å².